The Morgan fingerprint density at radius 2 is 2.06 bits per heavy atom. The molecule has 0 amide bonds. The molecule has 1 aromatic carbocycles. The summed E-state index contributed by atoms with van der Waals surface area (Å²) in [4.78, 5) is 0. The molecule has 1 aromatic rings. The Bertz CT molecular complexity index is 427. The molecule has 5 heteroatoms. The smallest absolute Gasteiger partial charge is 0.166 e. The molecule has 1 aliphatic heterocycles. The lowest BCUT2D eigenvalue weighted by Crippen LogP contribution is -2.26. The minimum Gasteiger partial charge on any atom is -0.287 e. The van der Waals surface area contributed by atoms with Gasteiger partial charge in [0, 0.05) is 5.56 Å². The van der Waals surface area contributed by atoms with Crippen molar-refractivity contribution in [1.82, 2.24) is 5.06 Å². The first-order valence-corrected chi connectivity index (χ1v) is 5.06. The van der Waals surface area contributed by atoms with Crippen molar-refractivity contribution in [2.45, 2.75) is 19.5 Å². The van der Waals surface area contributed by atoms with Crippen LogP contribution in [0.3, 0.4) is 0 Å². The molecule has 0 aliphatic carbocycles. The van der Waals surface area contributed by atoms with E-state index in [2.05, 4.69) is 10.2 Å². The van der Waals surface area contributed by atoms with Crippen LogP contribution in [0.4, 0.5) is 4.39 Å². The first-order chi connectivity index (χ1) is 7.70. The van der Waals surface area contributed by atoms with Crippen molar-refractivity contribution in [3.05, 3.63) is 41.8 Å². The fraction of sp³-hybridized carbons (Fsp3) is 0.273. The number of hydroxylamine groups is 2. The first-order valence-electron chi connectivity index (χ1n) is 5.06. The summed E-state index contributed by atoms with van der Waals surface area (Å²) in [5, 5.41) is 18.5. The van der Waals surface area contributed by atoms with Gasteiger partial charge in [0.25, 0.3) is 0 Å². The summed E-state index contributed by atoms with van der Waals surface area (Å²) < 4.78 is 12.7. The normalized spacial score (nSPS) is 19.8. The van der Waals surface area contributed by atoms with Crippen molar-refractivity contribution in [2.75, 3.05) is 0 Å². The molecule has 2 rings (SSSR count). The minimum atomic E-state index is -0.329. The lowest BCUT2D eigenvalue weighted by molar-refractivity contribution is -0.0812. The highest BCUT2D eigenvalue weighted by Crippen LogP contribution is 2.23. The average Bonchev–Trinajstić information content (AvgIpc) is 2.30. The largest absolute Gasteiger partial charge is 0.287 e. The van der Waals surface area contributed by atoms with E-state index < -0.39 is 0 Å². The maximum atomic E-state index is 12.7. The van der Waals surface area contributed by atoms with Crippen LogP contribution >= 0.6 is 0 Å². The molecule has 0 saturated carbocycles. The van der Waals surface area contributed by atoms with Crippen molar-refractivity contribution < 1.29 is 9.60 Å². The van der Waals surface area contributed by atoms with E-state index >= 15 is 0 Å². The van der Waals surface area contributed by atoms with Gasteiger partial charge >= 0.3 is 0 Å². The quantitative estimate of drug-likeness (QED) is 0.834. The standard InChI is InChI=1S/C11H12FN3O/c1-2-11-14-13-10(7-15(11)16)8-3-5-9(12)6-4-8/h3-7,11,16H,2H2,1H3/t11-/m1/s1. The van der Waals surface area contributed by atoms with E-state index in [9.17, 15) is 9.60 Å². The molecule has 0 aromatic heterocycles. The van der Waals surface area contributed by atoms with Crippen LogP contribution < -0.4 is 0 Å². The molecular formula is C11H12FN3O. The predicted molar refractivity (Wildman–Crippen MR) is 56.9 cm³/mol. The monoisotopic (exact) mass is 221 g/mol. The van der Waals surface area contributed by atoms with Gasteiger partial charge in [-0.25, -0.2) is 9.45 Å². The van der Waals surface area contributed by atoms with Gasteiger partial charge in [-0.1, -0.05) is 6.92 Å². The Balaban J connectivity index is 2.24. The number of rotatable bonds is 2. The van der Waals surface area contributed by atoms with Gasteiger partial charge in [0.2, 0.25) is 0 Å². The van der Waals surface area contributed by atoms with Crippen molar-refractivity contribution in [3.63, 3.8) is 0 Å². The summed E-state index contributed by atoms with van der Waals surface area (Å²) in [7, 11) is 0. The van der Waals surface area contributed by atoms with Crippen LogP contribution in [-0.2, 0) is 0 Å². The van der Waals surface area contributed by atoms with Gasteiger partial charge in [-0.3, -0.25) is 5.21 Å². The van der Waals surface area contributed by atoms with Crippen LogP contribution in [0.2, 0.25) is 0 Å². The number of hydrogen-bond acceptors (Lipinski definition) is 4. The van der Waals surface area contributed by atoms with Crippen LogP contribution in [0.1, 0.15) is 18.9 Å². The summed E-state index contributed by atoms with van der Waals surface area (Å²) in [6, 6.07) is 5.89. The van der Waals surface area contributed by atoms with Gasteiger partial charge in [0.15, 0.2) is 6.17 Å². The van der Waals surface area contributed by atoms with Gasteiger partial charge in [-0.15, -0.1) is 0 Å². The third kappa shape index (κ3) is 2.09. The van der Waals surface area contributed by atoms with Gasteiger partial charge in [-0.05, 0) is 30.7 Å². The topological polar surface area (TPSA) is 48.2 Å². The summed E-state index contributed by atoms with van der Waals surface area (Å²) in [5.41, 5.74) is 1.24. The predicted octanol–water partition coefficient (Wildman–Crippen LogP) is 3.02. The summed E-state index contributed by atoms with van der Waals surface area (Å²) in [6.07, 6.45) is 1.84. The Morgan fingerprint density at radius 3 is 2.62 bits per heavy atom. The third-order valence-corrected chi connectivity index (χ3v) is 2.36. The molecule has 84 valence electrons. The van der Waals surface area contributed by atoms with Gasteiger partial charge in [0.1, 0.15) is 11.5 Å². The molecular weight excluding hydrogens is 209 g/mol. The molecule has 16 heavy (non-hydrogen) atoms. The van der Waals surface area contributed by atoms with Crippen LogP contribution in [-0.4, -0.2) is 16.4 Å². The van der Waals surface area contributed by atoms with E-state index in [1.54, 1.807) is 12.1 Å². The number of benzene rings is 1. The molecule has 0 fully saturated rings. The number of azo groups is 1. The van der Waals surface area contributed by atoms with E-state index in [1.807, 2.05) is 6.92 Å². The number of halogens is 1. The fourth-order valence-electron chi connectivity index (χ4n) is 1.44. The molecule has 0 bridgehead atoms. The molecule has 0 unspecified atom stereocenters. The van der Waals surface area contributed by atoms with Gasteiger partial charge in [-0.2, -0.15) is 10.2 Å². The Labute approximate surface area is 92.7 Å². The second-order valence-corrected chi connectivity index (χ2v) is 3.51. The Hall–Kier alpha value is -1.75. The van der Waals surface area contributed by atoms with Crippen molar-refractivity contribution in [1.29, 1.82) is 0 Å². The maximum Gasteiger partial charge on any atom is 0.166 e. The van der Waals surface area contributed by atoms with Gasteiger partial charge in [0.05, 0.1) is 6.20 Å². The molecule has 1 aliphatic rings. The highest BCUT2D eigenvalue weighted by atomic mass is 19.1. The van der Waals surface area contributed by atoms with Gasteiger partial charge < -0.3 is 0 Å². The maximum absolute atomic E-state index is 12.7. The molecule has 4 nitrogen and oxygen atoms in total. The van der Waals surface area contributed by atoms with Crippen molar-refractivity contribution >= 4 is 5.70 Å². The van der Waals surface area contributed by atoms with E-state index in [4.69, 9.17) is 0 Å². The molecule has 1 N–H and O–H groups in total. The average molecular weight is 221 g/mol. The lowest BCUT2D eigenvalue weighted by atomic mass is 10.1. The van der Waals surface area contributed by atoms with E-state index in [1.165, 1.54) is 18.3 Å². The van der Waals surface area contributed by atoms with Crippen LogP contribution in [0, 0.1) is 5.82 Å². The van der Waals surface area contributed by atoms with Crippen LogP contribution in [0.25, 0.3) is 5.70 Å². The number of hydrogen-bond donors (Lipinski definition) is 1. The summed E-state index contributed by atoms with van der Waals surface area (Å²) in [5.74, 6) is -0.301. The zero-order chi connectivity index (χ0) is 11.5. The molecule has 1 heterocycles. The lowest BCUT2D eigenvalue weighted by Gasteiger charge is -2.22. The van der Waals surface area contributed by atoms with E-state index in [-0.39, 0.29) is 12.0 Å². The summed E-state index contributed by atoms with van der Waals surface area (Å²) >= 11 is 0. The zero-order valence-corrected chi connectivity index (χ0v) is 8.84. The third-order valence-electron chi connectivity index (χ3n) is 2.36. The Kier molecular flexibility index (Phi) is 2.96. The Morgan fingerprint density at radius 1 is 1.38 bits per heavy atom. The second-order valence-electron chi connectivity index (χ2n) is 3.51. The zero-order valence-electron chi connectivity index (χ0n) is 8.84. The van der Waals surface area contributed by atoms with Crippen molar-refractivity contribution in [3.8, 4) is 0 Å². The first kappa shape index (κ1) is 10.8. The highest BCUT2D eigenvalue weighted by molar-refractivity contribution is 5.63. The highest BCUT2D eigenvalue weighted by Gasteiger charge is 2.16. The van der Waals surface area contributed by atoms with E-state index in [0.29, 0.717) is 12.1 Å². The number of nitrogens with zero attached hydrogens (tertiary/aromatic N) is 3. The van der Waals surface area contributed by atoms with Crippen LogP contribution in [0.15, 0.2) is 40.7 Å². The molecule has 0 spiro atoms. The minimum absolute atomic E-state index is 0.301. The molecule has 0 radical (unpaired) electrons. The summed E-state index contributed by atoms with van der Waals surface area (Å²) in [6.45, 7) is 1.91. The van der Waals surface area contributed by atoms with Crippen molar-refractivity contribution in [2.24, 2.45) is 10.2 Å². The molecule has 1 atom stereocenters. The second kappa shape index (κ2) is 4.40. The molecule has 0 saturated heterocycles. The fourth-order valence-corrected chi connectivity index (χ4v) is 1.44. The SMILES string of the molecule is CC[C@@H]1N=NC(c2ccc(F)cc2)=CN1O. The van der Waals surface area contributed by atoms with Crippen LogP contribution in [0.5, 0.6) is 0 Å². The van der Waals surface area contributed by atoms with E-state index in [0.717, 1.165) is 10.6 Å².